The number of carbonyl (C=O) groups is 3. The Kier molecular flexibility index (Phi) is 43.5. The van der Waals surface area contributed by atoms with Gasteiger partial charge in [-0.2, -0.15) is 0 Å². The Balaban J connectivity index is -0.0000000952. The number of rotatable bonds is 9. The molecule has 2 atom stereocenters. The molecule has 0 aromatic rings. The fourth-order valence-electron chi connectivity index (χ4n) is 1.60. The number of ketones is 1. The Morgan fingerprint density at radius 2 is 1.48 bits per heavy atom. The van der Waals surface area contributed by atoms with Gasteiger partial charge >= 0.3 is 5.97 Å². The van der Waals surface area contributed by atoms with E-state index in [0.717, 1.165) is 0 Å². The molecular weight excluding hydrogens is 368 g/mol. The Morgan fingerprint density at radius 1 is 1.10 bits per heavy atom. The number of Topliss-reactive ketones (excluding diaryl/α,β-unsaturated/α-hetero) is 1. The highest BCUT2D eigenvalue weighted by Crippen LogP contribution is 2.07. The summed E-state index contributed by atoms with van der Waals surface area (Å²) in [6.45, 7) is 22.4. The molecule has 172 valence electrons. The topological polar surface area (TPSA) is 109 Å². The molecule has 6 nitrogen and oxygen atoms in total. The van der Waals surface area contributed by atoms with Crippen LogP contribution in [0, 0.1) is 5.92 Å². The highest BCUT2D eigenvalue weighted by molar-refractivity contribution is 5.73. The zero-order valence-corrected chi connectivity index (χ0v) is 19.8. The maximum absolute atomic E-state index is 10.4. The minimum Gasteiger partial charge on any atom is -0.480 e. The van der Waals surface area contributed by atoms with Crippen molar-refractivity contribution in [3.63, 3.8) is 0 Å². The number of carboxylic acids is 1. The van der Waals surface area contributed by atoms with Crippen molar-refractivity contribution < 1.29 is 19.5 Å². The minimum absolute atomic E-state index is 0.159. The standard InChI is InChI=1S/C9H18.C7H14N2O2.C3H6O.C3H6.CH2O/c1-4-7-8-9(5-2)6-3;1-3-5(2)4-6(9-8)7(10)11;1-3(2)4;1-3-2;1-2/h8H,4-7H2,1-3H3;3,5-6,9H,1,4,8H2,2H3,(H,10,11);1-2H3;3H,1H2,2H3;1H2. The molecule has 2 unspecified atom stereocenters. The van der Waals surface area contributed by atoms with E-state index in [1.165, 1.54) is 39.5 Å². The molecule has 6 heteroatoms. The van der Waals surface area contributed by atoms with Gasteiger partial charge in [0.15, 0.2) is 0 Å². The zero-order valence-electron chi connectivity index (χ0n) is 19.8. The second kappa shape index (κ2) is 33.5. The lowest BCUT2D eigenvalue weighted by molar-refractivity contribution is -0.139. The van der Waals surface area contributed by atoms with Crippen LogP contribution in [0.15, 0.2) is 37.0 Å². The minimum atomic E-state index is -0.929. The summed E-state index contributed by atoms with van der Waals surface area (Å²) < 4.78 is 0. The molecule has 0 aromatic carbocycles. The number of carboxylic acid groups (broad SMARTS) is 1. The Labute approximate surface area is 179 Å². The maximum atomic E-state index is 10.4. The third-order valence-electron chi connectivity index (χ3n) is 3.14. The number of nitrogens with two attached hydrogens (primary N) is 1. The molecular formula is C23H46N2O4. The molecule has 0 amide bonds. The smallest absolute Gasteiger partial charge is 0.322 e. The van der Waals surface area contributed by atoms with E-state index in [1.807, 2.05) is 20.6 Å². The van der Waals surface area contributed by atoms with Crippen molar-refractivity contribution in [3.8, 4) is 0 Å². The third kappa shape index (κ3) is 46.2. The van der Waals surface area contributed by atoms with Crippen LogP contribution in [0.3, 0.4) is 0 Å². The van der Waals surface area contributed by atoms with Gasteiger partial charge in [-0.05, 0) is 52.4 Å². The lowest BCUT2D eigenvalue weighted by atomic mass is 10.0. The first-order valence-corrected chi connectivity index (χ1v) is 9.93. The average molecular weight is 415 g/mol. The number of nitrogens with one attached hydrogen (secondary N) is 1. The summed E-state index contributed by atoms with van der Waals surface area (Å²) in [5.74, 6) is 4.41. The van der Waals surface area contributed by atoms with Crippen molar-refractivity contribution in [2.75, 3.05) is 0 Å². The van der Waals surface area contributed by atoms with Crippen LogP contribution >= 0.6 is 0 Å². The van der Waals surface area contributed by atoms with E-state index in [1.54, 1.807) is 17.7 Å². The number of aliphatic carboxylic acids is 1. The second-order valence-corrected chi connectivity index (χ2v) is 6.18. The van der Waals surface area contributed by atoms with E-state index in [0.29, 0.717) is 6.42 Å². The summed E-state index contributed by atoms with van der Waals surface area (Å²) in [7, 11) is 0. The van der Waals surface area contributed by atoms with Crippen molar-refractivity contribution >= 4 is 18.5 Å². The second-order valence-electron chi connectivity index (χ2n) is 6.18. The number of hydrazine groups is 1. The number of hydrogen-bond acceptors (Lipinski definition) is 5. The van der Waals surface area contributed by atoms with E-state index in [4.69, 9.17) is 15.7 Å². The summed E-state index contributed by atoms with van der Waals surface area (Å²) in [6, 6.07) is -0.678. The van der Waals surface area contributed by atoms with Crippen LogP contribution in [0.4, 0.5) is 0 Å². The van der Waals surface area contributed by atoms with Gasteiger partial charge in [0.1, 0.15) is 18.6 Å². The van der Waals surface area contributed by atoms with E-state index >= 15 is 0 Å². The third-order valence-corrected chi connectivity index (χ3v) is 3.14. The molecule has 0 aromatic heterocycles. The molecule has 0 saturated carbocycles. The van der Waals surface area contributed by atoms with Crippen LogP contribution in [0.2, 0.25) is 0 Å². The molecule has 0 spiro atoms. The van der Waals surface area contributed by atoms with Crippen molar-refractivity contribution in [3.05, 3.63) is 37.0 Å². The monoisotopic (exact) mass is 414 g/mol. The normalized spacial score (nSPS) is 10.2. The molecule has 0 saturated heterocycles. The van der Waals surface area contributed by atoms with Gasteiger partial charge in [0, 0.05) is 0 Å². The van der Waals surface area contributed by atoms with Crippen molar-refractivity contribution in [1.29, 1.82) is 0 Å². The van der Waals surface area contributed by atoms with Gasteiger partial charge in [0.2, 0.25) is 0 Å². The van der Waals surface area contributed by atoms with Gasteiger partial charge in [-0.15, -0.1) is 13.2 Å². The largest absolute Gasteiger partial charge is 0.480 e. The molecule has 4 N–H and O–H groups in total. The van der Waals surface area contributed by atoms with E-state index in [-0.39, 0.29) is 11.7 Å². The fourth-order valence-corrected chi connectivity index (χ4v) is 1.60. The van der Waals surface area contributed by atoms with Gasteiger partial charge < -0.3 is 14.7 Å². The summed E-state index contributed by atoms with van der Waals surface area (Å²) in [4.78, 5) is 27.8. The molecule has 0 heterocycles. The molecule has 0 aliphatic carbocycles. The first-order chi connectivity index (χ1) is 13.6. The molecule has 0 aliphatic rings. The molecule has 0 fully saturated rings. The molecule has 29 heavy (non-hydrogen) atoms. The highest BCUT2D eigenvalue weighted by atomic mass is 16.4. The van der Waals surface area contributed by atoms with Gasteiger partial charge in [-0.1, -0.05) is 57.9 Å². The first kappa shape index (κ1) is 37.7. The van der Waals surface area contributed by atoms with Gasteiger partial charge in [-0.25, -0.2) is 5.43 Å². The van der Waals surface area contributed by atoms with Crippen LogP contribution < -0.4 is 11.3 Å². The summed E-state index contributed by atoms with van der Waals surface area (Å²) in [6.07, 6.45) is 11.3. The van der Waals surface area contributed by atoms with Crippen LogP contribution in [-0.4, -0.2) is 29.7 Å². The number of carbonyl (C=O) groups excluding carboxylic acids is 2. The van der Waals surface area contributed by atoms with Crippen LogP contribution in [0.1, 0.15) is 80.6 Å². The Bertz CT molecular complexity index is 411. The lowest BCUT2D eigenvalue weighted by Gasteiger charge is -2.12. The summed E-state index contributed by atoms with van der Waals surface area (Å²) >= 11 is 0. The molecule has 0 bridgehead atoms. The van der Waals surface area contributed by atoms with Gasteiger partial charge in [0.25, 0.3) is 0 Å². The maximum Gasteiger partial charge on any atom is 0.322 e. The SMILES string of the molecule is C=CC.C=CC(C)CC(NN)C(=O)O.C=O.CC(C)=O.CCCC=C(CC)CC. The first-order valence-electron chi connectivity index (χ1n) is 9.93. The molecule has 0 rings (SSSR count). The Morgan fingerprint density at radius 3 is 1.69 bits per heavy atom. The van der Waals surface area contributed by atoms with Crippen molar-refractivity contribution in [2.24, 2.45) is 11.8 Å². The summed E-state index contributed by atoms with van der Waals surface area (Å²) in [5, 5.41) is 8.54. The fraction of sp³-hybridized carbons (Fsp3) is 0.609. The Hall–Kier alpha value is -2.05. The lowest BCUT2D eigenvalue weighted by Crippen LogP contribution is -2.42. The number of unbranched alkanes of at least 4 members (excludes halogenated alkanes) is 1. The number of hydrogen-bond donors (Lipinski definition) is 3. The van der Waals surface area contributed by atoms with Crippen LogP contribution in [0.5, 0.6) is 0 Å². The van der Waals surface area contributed by atoms with Gasteiger partial charge in [0.05, 0.1) is 0 Å². The predicted octanol–water partition coefficient (Wildman–Crippen LogP) is 5.25. The van der Waals surface area contributed by atoms with E-state index in [2.05, 4.69) is 45.4 Å². The highest BCUT2D eigenvalue weighted by Gasteiger charge is 2.16. The van der Waals surface area contributed by atoms with Gasteiger partial charge in [-0.3, -0.25) is 10.6 Å². The number of allylic oxidation sites excluding steroid dienone is 4. The molecule has 0 aliphatic heterocycles. The summed E-state index contributed by atoms with van der Waals surface area (Å²) in [5.41, 5.74) is 3.83. The average Bonchev–Trinajstić information content (AvgIpc) is 2.68. The van der Waals surface area contributed by atoms with Crippen molar-refractivity contribution in [2.45, 2.75) is 86.6 Å². The quantitative estimate of drug-likeness (QED) is 0.270. The van der Waals surface area contributed by atoms with Crippen molar-refractivity contribution in [1.82, 2.24) is 5.43 Å². The van der Waals surface area contributed by atoms with E-state index < -0.39 is 12.0 Å². The van der Waals surface area contributed by atoms with E-state index in [9.17, 15) is 9.59 Å². The van der Waals surface area contributed by atoms with Crippen LogP contribution in [0.25, 0.3) is 0 Å². The zero-order chi connectivity index (χ0) is 24.3. The predicted molar refractivity (Wildman–Crippen MR) is 126 cm³/mol. The van der Waals surface area contributed by atoms with Crippen LogP contribution in [-0.2, 0) is 14.4 Å². The molecule has 0 radical (unpaired) electrons.